The van der Waals surface area contributed by atoms with Gasteiger partial charge in [-0.25, -0.2) is 8.42 Å². The van der Waals surface area contributed by atoms with Gasteiger partial charge in [0.2, 0.25) is 0 Å². The Balaban J connectivity index is 2.54. The molecule has 0 atom stereocenters. The summed E-state index contributed by atoms with van der Waals surface area (Å²) < 4.78 is 27.0. The molecule has 1 rings (SSSR count). The quantitative estimate of drug-likeness (QED) is 0.796. The van der Waals surface area contributed by atoms with Crippen molar-refractivity contribution < 1.29 is 17.9 Å². The van der Waals surface area contributed by atoms with Crippen molar-refractivity contribution in [2.75, 3.05) is 25.7 Å². The molecule has 0 aliphatic carbocycles. The molecular weight excluding hydrogens is 266 g/mol. The fourth-order valence-corrected chi connectivity index (χ4v) is 2.27. The first-order valence-corrected chi connectivity index (χ1v) is 8.00. The number of benzene rings is 1. The van der Waals surface area contributed by atoms with Crippen LogP contribution in [0.1, 0.15) is 22.3 Å². The van der Waals surface area contributed by atoms with E-state index < -0.39 is 9.84 Å². The predicted molar refractivity (Wildman–Crippen MR) is 74.4 cm³/mol. The summed E-state index contributed by atoms with van der Waals surface area (Å²) in [5.74, 6) is 0.500. The van der Waals surface area contributed by atoms with Crippen LogP contribution in [-0.2, 0) is 9.84 Å². The Labute approximate surface area is 113 Å². The summed E-state index contributed by atoms with van der Waals surface area (Å²) in [7, 11) is -1.42. The highest BCUT2D eigenvalue weighted by Gasteiger charge is 2.08. The summed E-state index contributed by atoms with van der Waals surface area (Å²) in [6, 6.07) is 5.19. The van der Waals surface area contributed by atoms with Gasteiger partial charge < -0.3 is 10.1 Å². The molecule has 0 bridgehead atoms. The Morgan fingerprint density at radius 3 is 2.63 bits per heavy atom. The van der Waals surface area contributed by atoms with E-state index in [1.807, 2.05) is 13.0 Å². The SMILES string of the molecule is COc1cc(C(=O)NCCCS(C)(=O)=O)ccc1C. The van der Waals surface area contributed by atoms with Crippen LogP contribution in [0.5, 0.6) is 5.75 Å². The van der Waals surface area contributed by atoms with Crippen molar-refractivity contribution in [2.45, 2.75) is 13.3 Å². The van der Waals surface area contributed by atoms with Gasteiger partial charge in [0.1, 0.15) is 15.6 Å². The molecule has 19 heavy (non-hydrogen) atoms. The van der Waals surface area contributed by atoms with Crippen LogP contribution in [0.15, 0.2) is 18.2 Å². The average Bonchev–Trinajstić information content (AvgIpc) is 2.33. The van der Waals surface area contributed by atoms with Gasteiger partial charge in [-0.2, -0.15) is 0 Å². The minimum Gasteiger partial charge on any atom is -0.496 e. The van der Waals surface area contributed by atoms with Gasteiger partial charge in [0, 0.05) is 18.4 Å². The maximum Gasteiger partial charge on any atom is 0.251 e. The van der Waals surface area contributed by atoms with Crippen molar-refractivity contribution in [3.63, 3.8) is 0 Å². The zero-order chi connectivity index (χ0) is 14.5. The van der Waals surface area contributed by atoms with Gasteiger partial charge in [-0.1, -0.05) is 6.07 Å². The fourth-order valence-electron chi connectivity index (χ4n) is 1.60. The largest absolute Gasteiger partial charge is 0.496 e. The van der Waals surface area contributed by atoms with Crippen LogP contribution in [0.25, 0.3) is 0 Å². The monoisotopic (exact) mass is 285 g/mol. The second-order valence-corrected chi connectivity index (χ2v) is 6.68. The Morgan fingerprint density at radius 1 is 1.37 bits per heavy atom. The molecule has 1 N–H and O–H groups in total. The maximum absolute atomic E-state index is 11.8. The van der Waals surface area contributed by atoms with Crippen LogP contribution in [0.4, 0.5) is 0 Å². The molecule has 1 aromatic carbocycles. The van der Waals surface area contributed by atoms with E-state index in [4.69, 9.17) is 4.74 Å². The lowest BCUT2D eigenvalue weighted by Crippen LogP contribution is -2.25. The molecule has 5 nitrogen and oxygen atoms in total. The first kappa shape index (κ1) is 15.5. The van der Waals surface area contributed by atoms with Crippen LogP contribution in [0, 0.1) is 6.92 Å². The van der Waals surface area contributed by atoms with E-state index in [-0.39, 0.29) is 11.7 Å². The molecule has 0 saturated heterocycles. The average molecular weight is 285 g/mol. The Kier molecular flexibility index (Phi) is 5.35. The smallest absolute Gasteiger partial charge is 0.251 e. The van der Waals surface area contributed by atoms with Gasteiger partial charge in [-0.3, -0.25) is 4.79 Å². The normalized spacial score (nSPS) is 11.1. The van der Waals surface area contributed by atoms with E-state index in [0.29, 0.717) is 24.3 Å². The number of carbonyl (C=O) groups is 1. The Morgan fingerprint density at radius 2 is 2.05 bits per heavy atom. The van der Waals surface area contributed by atoms with Gasteiger partial charge in [0.15, 0.2) is 0 Å². The Hall–Kier alpha value is -1.56. The van der Waals surface area contributed by atoms with Crippen LogP contribution in [0.3, 0.4) is 0 Å². The lowest BCUT2D eigenvalue weighted by Gasteiger charge is -2.08. The van der Waals surface area contributed by atoms with Crippen molar-refractivity contribution >= 4 is 15.7 Å². The topological polar surface area (TPSA) is 72.5 Å². The molecule has 106 valence electrons. The second kappa shape index (κ2) is 6.56. The molecule has 0 aromatic heterocycles. The molecule has 0 fully saturated rings. The van der Waals surface area contributed by atoms with E-state index >= 15 is 0 Å². The van der Waals surface area contributed by atoms with E-state index in [9.17, 15) is 13.2 Å². The molecule has 0 unspecified atom stereocenters. The fraction of sp³-hybridized carbons (Fsp3) is 0.462. The number of rotatable bonds is 6. The van der Waals surface area contributed by atoms with Crippen molar-refractivity contribution in [2.24, 2.45) is 0 Å². The lowest BCUT2D eigenvalue weighted by atomic mass is 10.1. The lowest BCUT2D eigenvalue weighted by molar-refractivity contribution is 0.0953. The summed E-state index contributed by atoms with van der Waals surface area (Å²) >= 11 is 0. The van der Waals surface area contributed by atoms with Crippen LogP contribution < -0.4 is 10.1 Å². The van der Waals surface area contributed by atoms with Crippen molar-refractivity contribution in [3.8, 4) is 5.75 Å². The first-order chi connectivity index (χ1) is 8.83. The van der Waals surface area contributed by atoms with Crippen molar-refractivity contribution in [1.82, 2.24) is 5.32 Å². The number of nitrogens with one attached hydrogen (secondary N) is 1. The standard InChI is InChI=1S/C13H19NO4S/c1-10-5-6-11(9-12(10)18-2)13(15)14-7-4-8-19(3,16)17/h5-6,9H,4,7-8H2,1-3H3,(H,14,15). The van der Waals surface area contributed by atoms with Gasteiger partial charge in [-0.15, -0.1) is 0 Å². The summed E-state index contributed by atoms with van der Waals surface area (Å²) in [4.78, 5) is 11.8. The maximum atomic E-state index is 11.8. The number of sulfone groups is 1. The zero-order valence-electron chi connectivity index (χ0n) is 11.4. The third kappa shape index (κ3) is 5.30. The molecule has 0 aliphatic rings. The summed E-state index contributed by atoms with van der Waals surface area (Å²) in [6.07, 6.45) is 1.59. The molecule has 0 aliphatic heterocycles. The number of aryl methyl sites for hydroxylation is 1. The number of hydrogen-bond donors (Lipinski definition) is 1. The molecule has 1 aromatic rings. The molecule has 1 amide bonds. The van der Waals surface area contributed by atoms with E-state index in [0.717, 1.165) is 5.56 Å². The minimum absolute atomic E-state index is 0.0739. The number of ether oxygens (including phenoxy) is 1. The van der Waals surface area contributed by atoms with Crippen molar-refractivity contribution in [3.05, 3.63) is 29.3 Å². The number of carbonyl (C=O) groups excluding carboxylic acids is 1. The molecule has 0 radical (unpaired) electrons. The first-order valence-electron chi connectivity index (χ1n) is 5.94. The van der Waals surface area contributed by atoms with Crippen LogP contribution in [-0.4, -0.2) is 40.0 Å². The third-order valence-corrected chi connectivity index (χ3v) is 3.68. The third-order valence-electron chi connectivity index (χ3n) is 2.65. The number of methoxy groups -OCH3 is 1. The summed E-state index contributed by atoms with van der Waals surface area (Å²) in [5, 5.41) is 2.68. The number of hydrogen-bond acceptors (Lipinski definition) is 4. The molecule has 0 heterocycles. The Bertz CT molecular complexity index is 552. The molecule has 0 spiro atoms. The number of amides is 1. The minimum atomic E-state index is -2.97. The summed E-state index contributed by atoms with van der Waals surface area (Å²) in [5.41, 5.74) is 1.46. The van der Waals surface area contributed by atoms with E-state index in [1.165, 1.54) is 6.26 Å². The van der Waals surface area contributed by atoms with Gasteiger partial charge >= 0.3 is 0 Å². The molecular formula is C13H19NO4S. The van der Waals surface area contributed by atoms with Crippen molar-refractivity contribution in [1.29, 1.82) is 0 Å². The van der Waals surface area contributed by atoms with Gasteiger partial charge in [0.25, 0.3) is 5.91 Å². The van der Waals surface area contributed by atoms with Crippen LogP contribution in [0.2, 0.25) is 0 Å². The van der Waals surface area contributed by atoms with E-state index in [2.05, 4.69) is 5.32 Å². The highest BCUT2D eigenvalue weighted by Crippen LogP contribution is 2.18. The van der Waals surface area contributed by atoms with Gasteiger partial charge in [-0.05, 0) is 31.0 Å². The second-order valence-electron chi connectivity index (χ2n) is 4.42. The zero-order valence-corrected chi connectivity index (χ0v) is 12.2. The molecule has 6 heteroatoms. The highest BCUT2D eigenvalue weighted by atomic mass is 32.2. The highest BCUT2D eigenvalue weighted by molar-refractivity contribution is 7.90. The summed E-state index contributed by atoms with van der Waals surface area (Å²) in [6.45, 7) is 2.23. The predicted octanol–water partition coefficient (Wildman–Crippen LogP) is 1.17. The molecule has 0 saturated carbocycles. The van der Waals surface area contributed by atoms with Gasteiger partial charge in [0.05, 0.1) is 12.9 Å². The van der Waals surface area contributed by atoms with E-state index in [1.54, 1.807) is 19.2 Å². The van der Waals surface area contributed by atoms with Crippen LogP contribution >= 0.6 is 0 Å².